The van der Waals surface area contributed by atoms with Crippen LogP contribution in [0.25, 0.3) is 0 Å². The summed E-state index contributed by atoms with van der Waals surface area (Å²) in [6.07, 6.45) is 2.61. The van der Waals surface area contributed by atoms with Gasteiger partial charge in [-0.2, -0.15) is 0 Å². The van der Waals surface area contributed by atoms with Gasteiger partial charge in [0.05, 0.1) is 12.6 Å². The van der Waals surface area contributed by atoms with Gasteiger partial charge in [-0.05, 0) is 62.5 Å². The molecule has 0 fully saturated rings. The monoisotopic (exact) mass is 412 g/mol. The first kappa shape index (κ1) is 23.5. The molecule has 162 valence electrons. The first-order valence-electron chi connectivity index (χ1n) is 10.3. The molecule has 0 aromatic heterocycles. The molecule has 0 saturated heterocycles. The van der Waals surface area contributed by atoms with E-state index in [0.29, 0.717) is 18.5 Å². The molecule has 0 saturated carbocycles. The predicted octanol–water partition coefficient (Wildman–Crippen LogP) is 1.56. The van der Waals surface area contributed by atoms with E-state index in [4.69, 9.17) is 10.8 Å². The lowest BCUT2D eigenvalue weighted by Crippen LogP contribution is -2.50. The molecule has 0 aliphatic rings. The smallest absolute Gasteiger partial charge is 0.246 e. The third-order valence-electron chi connectivity index (χ3n) is 4.84. The number of amides is 2. The van der Waals surface area contributed by atoms with Gasteiger partial charge in [-0.25, -0.2) is 0 Å². The molecule has 0 aliphatic heterocycles. The van der Waals surface area contributed by atoms with Crippen molar-refractivity contribution in [2.75, 3.05) is 18.9 Å². The Labute approximate surface area is 178 Å². The van der Waals surface area contributed by atoms with E-state index in [1.807, 2.05) is 37.4 Å². The van der Waals surface area contributed by atoms with Gasteiger partial charge in [-0.1, -0.05) is 42.5 Å². The molecule has 0 spiro atoms. The van der Waals surface area contributed by atoms with E-state index in [0.717, 1.165) is 30.5 Å². The molecule has 0 radical (unpaired) electrons. The van der Waals surface area contributed by atoms with Gasteiger partial charge in [0.15, 0.2) is 0 Å². The minimum atomic E-state index is -0.733. The highest BCUT2D eigenvalue weighted by Crippen LogP contribution is 2.12. The summed E-state index contributed by atoms with van der Waals surface area (Å²) in [4.78, 5) is 25.4. The predicted molar refractivity (Wildman–Crippen MR) is 119 cm³/mol. The van der Waals surface area contributed by atoms with Gasteiger partial charge in [-0.15, -0.1) is 0 Å². The minimum absolute atomic E-state index is 0.0579. The van der Waals surface area contributed by atoms with Crippen molar-refractivity contribution in [3.63, 3.8) is 0 Å². The Hall–Kier alpha value is -2.74. The van der Waals surface area contributed by atoms with E-state index in [2.05, 4.69) is 16.0 Å². The first-order chi connectivity index (χ1) is 14.5. The molecule has 2 aromatic carbocycles. The van der Waals surface area contributed by atoms with Gasteiger partial charge >= 0.3 is 0 Å². The van der Waals surface area contributed by atoms with Crippen LogP contribution in [0.15, 0.2) is 54.6 Å². The Kier molecular flexibility index (Phi) is 10.00. The molecule has 6 N–H and O–H groups in total. The van der Waals surface area contributed by atoms with Crippen molar-refractivity contribution in [3.8, 4) is 0 Å². The summed E-state index contributed by atoms with van der Waals surface area (Å²) >= 11 is 0. The van der Waals surface area contributed by atoms with Crippen LogP contribution in [-0.4, -0.2) is 42.6 Å². The van der Waals surface area contributed by atoms with Crippen LogP contribution in [0, 0.1) is 0 Å². The molecule has 30 heavy (non-hydrogen) atoms. The first-order valence-corrected chi connectivity index (χ1v) is 10.3. The van der Waals surface area contributed by atoms with Crippen LogP contribution in [0.2, 0.25) is 0 Å². The molecule has 2 aromatic rings. The van der Waals surface area contributed by atoms with E-state index < -0.39 is 12.1 Å². The van der Waals surface area contributed by atoms with Gasteiger partial charge in [-0.3, -0.25) is 9.59 Å². The number of aliphatic hydroxyl groups is 1. The number of hydrogen-bond acceptors (Lipinski definition) is 5. The van der Waals surface area contributed by atoms with Crippen molar-refractivity contribution in [2.45, 2.75) is 44.4 Å². The summed E-state index contributed by atoms with van der Waals surface area (Å²) in [5.41, 5.74) is 8.42. The fourth-order valence-electron chi connectivity index (χ4n) is 3.08. The van der Waals surface area contributed by atoms with Crippen LogP contribution in [0.4, 0.5) is 5.69 Å². The largest absolute Gasteiger partial charge is 0.392 e. The molecule has 2 amide bonds. The lowest BCUT2D eigenvalue weighted by Gasteiger charge is -2.21. The number of unbranched alkanes of at least 4 members (excludes halogenated alkanes) is 1. The van der Waals surface area contributed by atoms with E-state index >= 15 is 0 Å². The normalized spacial score (nSPS) is 12.8. The second-order valence-electron chi connectivity index (χ2n) is 7.30. The van der Waals surface area contributed by atoms with E-state index in [1.165, 1.54) is 0 Å². The number of rotatable bonds is 12. The molecular formula is C23H32N4O3. The lowest BCUT2D eigenvalue weighted by atomic mass is 10.0. The lowest BCUT2D eigenvalue weighted by molar-refractivity contribution is -0.127. The number of carbonyl (C=O) groups excluding carboxylic acids is 2. The van der Waals surface area contributed by atoms with Crippen LogP contribution in [0.1, 0.15) is 30.4 Å². The van der Waals surface area contributed by atoms with Gasteiger partial charge in [0.2, 0.25) is 11.8 Å². The quantitative estimate of drug-likeness (QED) is 0.339. The summed E-state index contributed by atoms with van der Waals surface area (Å²) < 4.78 is 0. The summed E-state index contributed by atoms with van der Waals surface area (Å²) in [7, 11) is 1.88. The summed E-state index contributed by atoms with van der Waals surface area (Å²) in [6, 6.07) is 15.1. The minimum Gasteiger partial charge on any atom is -0.392 e. The van der Waals surface area contributed by atoms with Gasteiger partial charge < -0.3 is 26.8 Å². The molecular weight excluding hydrogens is 380 g/mol. The molecule has 2 rings (SSSR count). The van der Waals surface area contributed by atoms with E-state index in [1.54, 1.807) is 24.3 Å². The summed E-state index contributed by atoms with van der Waals surface area (Å²) in [5, 5.41) is 17.9. The second-order valence-corrected chi connectivity index (χ2v) is 7.30. The van der Waals surface area contributed by atoms with Crippen LogP contribution < -0.4 is 21.7 Å². The van der Waals surface area contributed by atoms with Gasteiger partial charge in [0.25, 0.3) is 0 Å². The fourth-order valence-corrected chi connectivity index (χ4v) is 3.08. The maximum atomic E-state index is 12.8. The maximum Gasteiger partial charge on any atom is 0.246 e. The van der Waals surface area contributed by atoms with E-state index in [9.17, 15) is 9.59 Å². The van der Waals surface area contributed by atoms with Crippen molar-refractivity contribution in [3.05, 3.63) is 65.7 Å². The molecule has 0 aliphatic carbocycles. The SMILES string of the molecule is CNCCCC[C@H](NC(=O)[C@@H](N)Cc1ccccc1)C(=O)Nc1ccc(CO)cc1. The van der Waals surface area contributed by atoms with E-state index in [-0.39, 0.29) is 18.4 Å². The molecule has 0 heterocycles. The Morgan fingerprint density at radius 2 is 1.67 bits per heavy atom. The average Bonchev–Trinajstić information content (AvgIpc) is 2.76. The zero-order valence-corrected chi connectivity index (χ0v) is 17.4. The molecule has 0 unspecified atom stereocenters. The van der Waals surface area contributed by atoms with Crippen LogP contribution >= 0.6 is 0 Å². The van der Waals surface area contributed by atoms with Gasteiger partial charge in [0, 0.05) is 5.69 Å². The van der Waals surface area contributed by atoms with Crippen LogP contribution in [0.3, 0.4) is 0 Å². The van der Waals surface area contributed by atoms with Crippen molar-refractivity contribution < 1.29 is 14.7 Å². The highest BCUT2D eigenvalue weighted by molar-refractivity contribution is 5.97. The molecule has 0 bridgehead atoms. The maximum absolute atomic E-state index is 12.8. The highest BCUT2D eigenvalue weighted by atomic mass is 16.3. The number of hydrogen-bond donors (Lipinski definition) is 5. The highest BCUT2D eigenvalue weighted by Gasteiger charge is 2.23. The average molecular weight is 413 g/mol. The van der Waals surface area contributed by atoms with Crippen molar-refractivity contribution in [1.82, 2.24) is 10.6 Å². The number of carbonyl (C=O) groups is 2. The third-order valence-corrected chi connectivity index (χ3v) is 4.84. The Morgan fingerprint density at radius 3 is 2.30 bits per heavy atom. The van der Waals surface area contributed by atoms with Crippen LogP contribution in [-0.2, 0) is 22.6 Å². The third kappa shape index (κ3) is 7.94. The Bertz CT molecular complexity index is 781. The topological polar surface area (TPSA) is 116 Å². The van der Waals surface area contributed by atoms with Crippen molar-refractivity contribution >= 4 is 17.5 Å². The number of nitrogens with one attached hydrogen (secondary N) is 3. The number of aliphatic hydroxyl groups excluding tert-OH is 1. The number of benzene rings is 2. The Morgan fingerprint density at radius 1 is 0.967 bits per heavy atom. The Balaban J connectivity index is 1.99. The fraction of sp³-hybridized carbons (Fsp3) is 0.391. The van der Waals surface area contributed by atoms with Crippen LogP contribution in [0.5, 0.6) is 0 Å². The number of nitrogens with two attached hydrogens (primary N) is 1. The second kappa shape index (κ2) is 12.7. The zero-order valence-electron chi connectivity index (χ0n) is 17.4. The molecule has 2 atom stereocenters. The molecule has 7 heteroatoms. The summed E-state index contributed by atoms with van der Waals surface area (Å²) in [5.74, 6) is -0.625. The van der Waals surface area contributed by atoms with Crippen molar-refractivity contribution in [2.24, 2.45) is 5.73 Å². The standard InChI is InChI=1S/C23H32N4O3/c1-25-14-6-5-9-21(23(30)26-19-12-10-18(16-28)11-13-19)27-22(29)20(24)15-17-7-3-2-4-8-17/h2-4,7-8,10-13,20-21,25,28H,5-6,9,14-16,24H2,1H3,(H,26,30)(H,27,29)/t20-,21-/m0/s1. The summed E-state index contributed by atoms with van der Waals surface area (Å²) in [6.45, 7) is 0.788. The van der Waals surface area contributed by atoms with Gasteiger partial charge in [0.1, 0.15) is 6.04 Å². The number of anilines is 1. The molecule has 7 nitrogen and oxygen atoms in total. The zero-order chi connectivity index (χ0) is 21.8. The van der Waals surface area contributed by atoms with Crippen molar-refractivity contribution in [1.29, 1.82) is 0 Å².